The number of hydrogen-bond acceptors (Lipinski definition) is 1. The molecule has 1 N–H and O–H groups in total. The molecule has 0 aliphatic carbocycles. The molecule has 1 heterocycles. The number of rotatable bonds is 3. The Morgan fingerprint density at radius 1 is 1.43 bits per heavy atom. The molecule has 3 heteroatoms. The zero-order valence-electron chi connectivity index (χ0n) is 7.51. The molecule has 1 aromatic heterocycles. The standard InChI is InChI=1S/C11H9FNO/c12-9-3-4-11-10(6-9)8(7-13-11)2-1-5-14/h3-4,6-7,13H,1-2H2. The molecule has 0 saturated carbocycles. The van der Waals surface area contributed by atoms with Crippen LogP contribution in [0.1, 0.15) is 12.0 Å². The Bertz CT molecular complexity index is 461. The summed E-state index contributed by atoms with van der Waals surface area (Å²) in [7, 11) is 0. The lowest BCUT2D eigenvalue weighted by Gasteiger charge is -1.94. The number of carbonyl (C=O) groups excluding carboxylic acids is 1. The zero-order chi connectivity index (χ0) is 9.97. The fourth-order valence-corrected chi connectivity index (χ4v) is 1.54. The molecule has 0 saturated heterocycles. The molecular weight excluding hydrogens is 181 g/mol. The normalized spacial score (nSPS) is 10.6. The number of fused-ring (bicyclic) bond motifs is 1. The minimum atomic E-state index is -0.256. The molecule has 2 aromatic rings. The second-order valence-electron chi connectivity index (χ2n) is 3.15. The summed E-state index contributed by atoms with van der Waals surface area (Å²) in [6.45, 7) is 0. The van der Waals surface area contributed by atoms with Crippen LogP contribution in [-0.4, -0.2) is 11.3 Å². The van der Waals surface area contributed by atoms with E-state index in [1.165, 1.54) is 12.1 Å². The van der Waals surface area contributed by atoms with Crippen molar-refractivity contribution in [3.05, 3.63) is 35.8 Å². The van der Waals surface area contributed by atoms with Crippen LogP contribution in [-0.2, 0) is 11.2 Å². The number of hydrogen-bond donors (Lipinski definition) is 1. The van der Waals surface area contributed by atoms with Crippen LogP contribution in [0, 0.1) is 5.82 Å². The van der Waals surface area contributed by atoms with Crippen LogP contribution in [0.25, 0.3) is 10.9 Å². The number of aromatic nitrogens is 1. The second-order valence-corrected chi connectivity index (χ2v) is 3.15. The van der Waals surface area contributed by atoms with Gasteiger partial charge in [0.1, 0.15) is 5.82 Å². The largest absolute Gasteiger partial charge is 0.361 e. The first-order valence-electron chi connectivity index (χ1n) is 4.42. The van der Waals surface area contributed by atoms with Gasteiger partial charge in [-0.05, 0) is 30.2 Å². The first-order valence-corrected chi connectivity index (χ1v) is 4.42. The van der Waals surface area contributed by atoms with E-state index in [2.05, 4.69) is 4.98 Å². The summed E-state index contributed by atoms with van der Waals surface area (Å²) in [4.78, 5) is 13.1. The van der Waals surface area contributed by atoms with E-state index < -0.39 is 0 Å². The predicted molar refractivity (Wildman–Crippen MR) is 52.3 cm³/mol. The third-order valence-corrected chi connectivity index (χ3v) is 2.23. The van der Waals surface area contributed by atoms with Crippen LogP contribution in [0.3, 0.4) is 0 Å². The van der Waals surface area contributed by atoms with Crippen molar-refractivity contribution in [2.45, 2.75) is 12.8 Å². The first kappa shape index (κ1) is 8.94. The minimum absolute atomic E-state index is 0.256. The van der Waals surface area contributed by atoms with Gasteiger partial charge in [-0.15, -0.1) is 0 Å². The fourth-order valence-electron chi connectivity index (χ4n) is 1.54. The Morgan fingerprint density at radius 3 is 3.07 bits per heavy atom. The van der Waals surface area contributed by atoms with Gasteiger partial charge in [0, 0.05) is 23.5 Å². The maximum Gasteiger partial charge on any atom is 0.198 e. The summed E-state index contributed by atoms with van der Waals surface area (Å²) in [6, 6.07) is 4.58. The molecule has 0 fully saturated rings. The molecule has 2 rings (SSSR count). The van der Waals surface area contributed by atoms with Crippen LogP contribution in [0.4, 0.5) is 4.39 Å². The van der Waals surface area contributed by atoms with Crippen molar-refractivity contribution in [3.8, 4) is 0 Å². The van der Waals surface area contributed by atoms with Crippen molar-refractivity contribution in [2.24, 2.45) is 0 Å². The SMILES string of the molecule is O=[C]CCc1c[nH]c2ccc(F)cc12. The second kappa shape index (κ2) is 3.62. The van der Waals surface area contributed by atoms with Crippen LogP contribution in [0.2, 0.25) is 0 Å². The van der Waals surface area contributed by atoms with E-state index >= 15 is 0 Å². The number of aromatic amines is 1. The summed E-state index contributed by atoms with van der Waals surface area (Å²) in [5.41, 5.74) is 1.86. The Hall–Kier alpha value is -1.64. The molecule has 2 nitrogen and oxygen atoms in total. The van der Waals surface area contributed by atoms with Crippen molar-refractivity contribution >= 4 is 17.2 Å². The first-order chi connectivity index (χ1) is 6.81. The highest BCUT2D eigenvalue weighted by molar-refractivity contribution is 5.83. The van der Waals surface area contributed by atoms with E-state index in [1.54, 1.807) is 12.3 Å². The summed E-state index contributed by atoms with van der Waals surface area (Å²) < 4.78 is 12.9. The highest BCUT2D eigenvalue weighted by atomic mass is 19.1. The third kappa shape index (κ3) is 1.53. The van der Waals surface area contributed by atoms with Crippen molar-refractivity contribution < 1.29 is 9.18 Å². The van der Waals surface area contributed by atoms with E-state index in [4.69, 9.17) is 0 Å². The van der Waals surface area contributed by atoms with Gasteiger partial charge in [0.15, 0.2) is 6.29 Å². The van der Waals surface area contributed by atoms with Gasteiger partial charge in [-0.25, -0.2) is 4.39 Å². The van der Waals surface area contributed by atoms with E-state index in [0.717, 1.165) is 16.5 Å². The van der Waals surface area contributed by atoms with Gasteiger partial charge >= 0.3 is 0 Å². The lowest BCUT2D eigenvalue weighted by molar-refractivity contribution is 0.551. The molecule has 0 aliphatic heterocycles. The summed E-state index contributed by atoms with van der Waals surface area (Å²) >= 11 is 0. The maximum atomic E-state index is 12.9. The van der Waals surface area contributed by atoms with Gasteiger partial charge in [0.05, 0.1) is 0 Å². The molecule has 0 spiro atoms. The molecule has 1 radical (unpaired) electrons. The van der Waals surface area contributed by atoms with Crippen LogP contribution >= 0.6 is 0 Å². The molecule has 71 valence electrons. The van der Waals surface area contributed by atoms with Gasteiger partial charge in [0.25, 0.3) is 0 Å². The highest BCUT2D eigenvalue weighted by Crippen LogP contribution is 2.20. The van der Waals surface area contributed by atoms with Crippen LogP contribution in [0.5, 0.6) is 0 Å². The van der Waals surface area contributed by atoms with Crippen LogP contribution in [0.15, 0.2) is 24.4 Å². The van der Waals surface area contributed by atoms with Gasteiger partial charge in [0.2, 0.25) is 0 Å². The number of H-pyrrole nitrogens is 1. The summed E-state index contributed by atoms with van der Waals surface area (Å²) in [5.74, 6) is -0.256. The predicted octanol–water partition coefficient (Wildman–Crippen LogP) is 2.35. The van der Waals surface area contributed by atoms with E-state index in [-0.39, 0.29) is 5.82 Å². The topological polar surface area (TPSA) is 32.9 Å². The molecule has 0 atom stereocenters. The lowest BCUT2D eigenvalue weighted by Crippen LogP contribution is -1.84. The van der Waals surface area contributed by atoms with Gasteiger partial charge in [-0.2, -0.15) is 0 Å². The Kier molecular flexibility index (Phi) is 2.31. The quantitative estimate of drug-likeness (QED) is 0.791. The maximum absolute atomic E-state index is 12.9. The van der Waals surface area contributed by atoms with Gasteiger partial charge in [-0.3, -0.25) is 4.79 Å². The Morgan fingerprint density at radius 2 is 2.29 bits per heavy atom. The number of halogens is 1. The van der Waals surface area contributed by atoms with Gasteiger partial charge in [-0.1, -0.05) is 0 Å². The smallest absolute Gasteiger partial charge is 0.198 e. The molecular formula is C11H9FNO. The lowest BCUT2D eigenvalue weighted by atomic mass is 10.1. The van der Waals surface area contributed by atoms with Crippen LogP contribution < -0.4 is 0 Å². The molecule has 1 aromatic carbocycles. The van der Waals surface area contributed by atoms with Crippen molar-refractivity contribution in [2.75, 3.05) is 0 Å². The Labute approximate surface area is 80.7 Å². The monoisotopic (exact) mass is 190 g/mol. The number of nitrogens with one attached hydrogen (secondary N) is 1. The third-order valence-electron chi connectivity index (χ3n) is 2.23. The molecule has 0 amide bonds. The van der Waals surface area contributed by atoms with E-state index in [0.29, 0.717) is 12.8 Å². The number of benzene rings is 1. The summed E-state index contributed by atoms with van der Waals surface area (Å²) in [5, 5.41) is 0.847. The van der Waals surface area contributed by atoms with Crippen molar-refractivity contribution in [1.29, 1.82) is 0 Å². The highest BCUT2D eigenvalue weighted by Gasteiger charge is 2.03. The summed E-state index contributed by atoms with van der Waals surface area (Å²) in [6.07, 6.45) is 4.59. The Balaban J connectivity index is 2.44. The fraction of sp³-hybridized carbons (Fsp3) is 0.182. The van der Waals surface area contributed by atoms with Crippen molar-refractivity contribution in [1.82, 2.24) is 4.98 Å². The van der Waals surface area contributed by atoms with E-state index in [9.17, 15) is 9.18 Å². The minimum Gasteiger partial charge on any atom is -0.361 e. The molecule has 0 bridgehead atoms. The molecule has 0 aliphatic rings. The van der Waals surface area contributed by atoms with Crippen molar-refractivity contribution in [3.63, 3.8) is 0 Å². The zero-order valence-corrected chi connectivity index (χ0v) is 7.51. The van der Waals surface area contributed by atoms with E-state index in [1.807, 2.05) is 6.29 Å². The number of aryl methyl sites for hydroxylation is 1. The average Bonchev–Trinajstić information content (AvgIpc) is 2.57. The average molecular weight is 190 g/mol. The molecule has 0 unspecified atom stereocenters. The van der Waals surface area contributed by atoms with Gasteiger partial charge < -0.3 is 4.98 Å². The molecule has 14 heavy (non-hydrogen) atoms.